The number of amides is 1. The third kappa shape index (κ3) is 4.62. The highest BCUT2D eigenvalue weighted by Gasteiger charge is 2.34. The number of carbonyl (C=O) groups excluding carboxylic acids is 2. The fraction of sp³-hybridized carbons (Fsp3) is 0.619. The van der Waals surface area contributed by atoms with Gasteiger partial charge in [-0.05, 0) is 64.2 Å². The number of benzene rings is 1. The molecule has 4 heteroatoms. The number of ether oxygens (including phenoxy) is 1. The van der Waals surface area contributed by atoms with E-state index in [1.807, 2.05) is 0 Å². The van der Waals surface area contributed by atoms with Gasteiger partial charge in [0.2, 0.25) is 5.91 Å². The summed E-state index contributed by atoms with van der Waals surface area (Å²) in [5.74, 6) is -0.275. The van der Waals surface area contributed by atoms with Crippen LogP contribution in [0, 0.1) is 20.8 Å². The zero-order valence-corrected chi connectivity index (χ0v) is 16.2. The van der Waals surface area contributed by atoms with Crippen LogP contribution in [-0.2, 0) is 20.7 Å². The molecule has 1 amide bonds. The van der Waals surface area contributed by atoms with E-state index in [1.54, 1.807) is 18.7 Å². The van der Waals surface area contributed by atoms with Crippen molar-refractivity contribution in [2.24, 2.45) is 0 Å². The quantitative estimate of drug-likeness (QED) is 0.735. The molecule has 0 N–H and O–H groups in total. The number of rotatable bonds is 6. The third-order valence-electron chi connectivity index (χ3n) is 5.22. The lowest BCUT2D eigenvalue weighted by Crippen LogP contribution is -2.49. The molecule has 138 valence electrons. The van der Waals surface area contributed by atoms with Crippen LogP contribution in [0.5, 0.6) is 0 Å². The standard InChI is InChI=1S/C21H31NO3/c1-6-25-21(24)17(5)22(18-9-7-8-10-18)20(23)13-19-15(3)11-14(2)12-16(19)4/h11-12,17-18H,6-10,13H2,1-5H3/t17-/m0/s1. The topological polar surface area (TPSA) is 46.6 Å². The smallest absolute Gasteiger partial charge is 0.328 e. The Labute approximate surface area is 151 Å². The molecule has 1 aromatic carbocycles. The number of nitrogens with zero attached hydrogens (tertiary/aromatic N) is 1. The van der Waals surface area contributed by atoms with Gasteiger partial charge in [-0.25, -0.2) is 4.79 Å². The van der Waals surface area contributed by atoms with E-state index in [9.17, 15) is 9.59 Å². The van der Waals surface area contributed by atoms with Crippen molar-refractivity contribution in [2.45, 2.75) is 78.8 Å². The van der Waals surface area contributed by atoms with Crippen LogP contribution >= 0.6 is 0 Å². The predicted octanol–water partition coefficient (Wildman–Crippen LogP) is 3.88. The Morgan fingerprint density at radius 2 is 1.72 bits per heavy atom. The number of aryl methyl sites for hydroxylation is 3. The first-order valence-electron chi connectivity index (χ1n) is 9.39. The van der Waals surface area contributed by atoms with Crippen molar-refractivity contribution in [1.29, 1.82) is 0 Å². The van der Waals surface area contributed by atoms with Gasteiger partial charge >= 0.3 is 5.97 Å². The van der Waals surface area contributed by atoms with Crippen LogP contribution in [0.15, 0.2) is 12.1 Å². The van der Waals surface area contributed by atoms with E-state index in [2.05, 4.69) is 32.9 Å². The zero-order valence-electron chi connectivity index (χ0n) is 16.2. The van der Waals surface area contributed by atoms with E-state index < -0.39 is 6.04 Å². The maximum atomic E-state index is 13.2. The first kappa shape index (κ1) is 19.5. The number of carbonyl (C=O) groups is 2. The Kier molecular flexibility index (Phi) is 6.63. The summed E-state index contributed by atoms with van der Waals surface area (Å²) in [6.45, 7) is 10.1. The summed E-state index contributed by atoms with van der Waals surface area (Å²) < 4.78 is 5.17. The van der Waals surface area contributed by atoms with Crippen molar-refractivity contribution in [3.05, 3.63) is 34.4 Å². The number of esters is 1. The van der Waals surface area contributed by atoms with Crippen molar-refractivity contribution < 1.29 is 14.3 Å². The molecule has 1 aliphatic carbocycles. The first-order valence-corrected chi connectivity index (χ1v) is 9.39. The fourth-order valence-electron chi connectivity index (χ4n) is 4.03. The summed E-state index contributed by atoms with van der Waals surface area (Å²) in [6.07, 6.45) is 4.53. The molecule has 0 aliphatic heterocycles. The number of hydrogen-bond acceptors (Lipinski definition) is 3. The molecule has 1 aliphatic rings. The lowest BCUT2D eigenvalue weighted by molar-refractivity contribution is -0.155. The summed E-state index contributed by atoms with van der Waals surface area (Å²) in [5, 5.41) is 0. The molecule has 0 radical (unpaired) electrons. The van der Waals surface area contributed by atoms with Gasteiger partial charge in [0.05, 0.1) is 13.0 Å². The van der Waals surface area contributed by atoms with Gasteiger partial charge in [0.15, 0.2) is 0 Å². The molecule has 0 spiro atoms. The summed E-state index contributed by atoms with van der Waals surface area (Å²) in [6, 6.07) is 3.86. The molecule has 25 heavy (non-hydrogen) atoms. The average Bonchev–Trinajstić information content (AvgIpc) is 3.05. The van der Waals surface area contributed by atoms with Gasteiger partial charge < -0.3 is 9.64 Å². The average molecular weight is 345 g/mol. The van der Waals surface area contributed by atoms with E-state index in [0.29, 0.717) is 13.0 Å². The van der Waals surface area contributed by atoms with Gasteiger partial charge in [-0.3, -0.25) is 4.79 Å². The maximum Gasteiger partial charge on any atom is 0.328 e. The zero-order chi connectivity index (χ0) is 18.6. The Hall–Kier alpha value is -1.84. The monoisotopic (exact) mass is 345 g/mol. The highest BCUT2D eigenvalue weighted by atomic mass is 16.5. The minimum Gasteiger partial charge on any atom is -0.464 e. The van der Waals surface area contributed by atoms with Crippen LogP contribution in [0.4, 0.5) is 0 Å². The van der Waals surface area contributed by atoms with Crippen molar-refractivity contribution in [1.82, 2.24) is 4.90 Å². The van der Waals surface area contributed by atoms with Crippen LogP contribution in [0.1, 0.15) is 61.8 Å². The van der Waals surface area contributed by atoms with E-state index >= 15 is 0 Å². The molecular formula is C21H31NO3. The van der Waals surface area contributed by atoms with Gasteiger partial charge in [-0.15, -0.1) is 0 Å². The number of hydrogen-bond donors (Lipinski definition) is 0. The molecule has 4 nitrogen and oxygen atoms in total. The summed E-state index contributed by atoms with van der Waals surface area (Å²) in [4.78, 5) is 27.2. The van der Waals surface area contributed by atoms with Crippen molar-refractivity contribution in [2.75, 3.05) is 6.61 Å². The highest BCUT2D eigenvalue weighted by molar-refractivity contribution is 5.86. The molecule has 0 heterocycles. The molecule has 0 bridgehead atoms. The lowest BCUT2D eigenvalue weighted by atomic mass is 9.96. The van der Waals surface area contributed by atoms with Gasteiger partial charge in [-0.1, -0.05) is 30.5 Å². The third-order valence-corrected chi connectivity index (χ3v) is 5.22. The van der Waals surface area contributed by atoms with Crippen LogP contribution in [0.25, 0.3) is 0 Å². The lowest BCUT2D eigenvalue weighted by Gasteiger charge is -2.33. The largest absolute Gasteiger partial charge is 0.464 e. The normalized spacial score (nSPS) is 15.9. The summed E-state index contributed by atoms with van der Waals surface area (Å²) in [7, 11) is 0. The second kappa shape index (κ2) is 8.50. The van der Waals surface area contributed by atoms with Gasteiger partial charge in [-0.2, -0.15) is 0 Å². The van der Waals surface area contributed by atoms with Crippen LogP contribution in [-0.4, -0.2) is 35.5 Å². The van der Waals surface area contributed by atoms with Crippen molar-refractivity contribution in [3.8, 4) is 0 Å². The molecule has 0 aromatic heterocycles. The molecule has 1 fully saturated rings. The maximum absolute atomic E-state index is 13.2. The van der Waals surface area contributed by atoms with Gasteiger partial charge in [0.25, 0.3) is 0 Å². The Bertz CT molecular complexity index is 609. The van der Waals surface area contributed by atoms with Gasteiger partial charge in [0, 0.05) is 6.04 Å². The fourth-order valence-corrected chi connectivity index (χ4v) is 4.03. The molecule has 0 unspecified atom stereocenters. The Balaban J connectivity index is 2.25. The first-order chi connectivity index (χ1) is 11.8. The second-order valence-electron chi connectivity index (χ2n) is 7.22. The Morgan fingerprint density at radius 3 is 2.24 bits per heavy atom. The van der Waals surface area contributed by atoms with E-state index in [0.717, 1.165) is 42.4 Å². The van der Waals surface area contributed by atoms with Gasteiger partial charge in [0.1, 0.15) is 6.04 Å². The predicted molar refractivity (Wildman–Crippen MR) is 99.6 cm³/mol. The van der Waals surface area contributed by atoms with E-state index in [1.165, 1.54) is 5.56 Å². The van der Waals surface area contributed by atoms with Crippen LogP contribution in [0.3, 0.4) is 0 Å². The van der Waals surface area contributed by atoms with E-state index in [4.69, 9.17) is 4.74 Å². The minimum absolute atomic E-state index is 0.0301. The van der Waals surface area contributed by atoms with Crippen LogP contribution < -0.4 is 0 Å². The summed E-state index contributed by atoms with van der Waals surface area (Å²) in [5.41, 5.74) is 4.57. The minimum atomic E-state index is -0.526. The second-order valence-corrected chi connectivity index (χ2v) is 7.22. The molecule has 1 aromatic rings. The molecule has 1 atom stereocenters. The van der Waals surface area contributed by atoms with Crippen LogP contribution in [0.2, 0.25) is 0 Å². The molecule has 0 saturated heterocycles. The highest BCUT2D eigenvalue weighted by Crippen LogP contribution is 2.27. The molecule has 1 saturated carbocycles. The summed E-state index contributed by atoms with van der Waals surface area (Å²) >= 11 is 0. The Morgan fingerprint density at radius 1 is 1.16 bits per heavy atom. The van der Waals surface area contributed by atoms with Crippen molar-refractivity contribution in [3.63, 3.8) is 0 Å². The van der Waals surface area contributed by atoms with Crippen molar-refractivity contribution >= 4 is 11.9 Å². The van der Waals surface area contributed by atoms with E-state index in [-0.39, 0.29) is 17.9 Å². The SMILES string of the molecule is CCOC(=O)[C@H](C)N(C(=O)Cc1c(C)cc(C)cc1C)C1CCCC1. The molecule has 2 rings (SSSR count). The molecular weight excluding hydrogens is 314 g/mol.